The number of nitro benzene ring substituents is 1. The van der Waals surface area contributed by atoms with Gasteiger partial charge in [0.25, 0.3) is 5.69 Å². The summed E-state index contributed by atoms with van der Waals surface area (Å²) in [6, 6.07) is 1.44. The summed E-state index contributed by atoms with van der Waals surface area (Å²) in [7, 11) is 1.07. The summed E-state index contributed by atoms with van der Waals surface area (Å²) in [6.45, 7) is 0. The molecule has 0 aliphatic carbocycles. The van der Waals surface area contributed by atoms with Crippen LogP contribution < -0.4 is 0 Å². The van der Waals surface area contributed by atoms with Gasteiger partial charge in [0.2, 0.25) is 0 Å². The molecule has 0 saturated carbocycles. The molecule has 0 bridgehead atoms. The van der Waals surface area contributed by atoms with Crippen molar-refractivity contribution < 1.29 is 18.8 Å². The zero-order chi connectivity index (χ0) is 11.6. The Morgan fingerprint density at radius 2 is 2.20 bits per heavy atom. The van der Waals surface area contributed by atoms with Gasteiger partial charge in [-0.15, -0.1) is 0 Å². The number of hydrogen-bond acceptors (Lipinski definition) is 4. The van der Waals surface area contributed by atoms with Gasteiger partial charge in [-0.3, -0.25) is 10.1 Å². The van der Waals surface area contributed by atoms with Crippen LogP contribution in [0, 0.1) is 15.9 Å². The summed E-state index contributed by atoms with van der Waals surface area (Å²) in [6.07, 6.45) is 0. The molecule has 0 heterocycles. The molecule has 0 atom stereocenters. The van der Waals surface area contributed by atoms with Crippen LogP contribution in [-0.2, 0) is 4.74 Å². The van der Waals surface area contributed by atoms with E-state index in [9.17, 15) is 19.3 Å². The van der Waals surface area contributed by atoms with Crippen molar-refractivity contribution >= 4 is 23.3 Å². The van der Waals surface area contributed by atoms with Crippen LogP contribution in [0.3, 0.4) is 0 Å². The third-order valence-electron chi connectivity index (χ3n) is 1.64. The van der Waals surface area contributed by atoms with Gasteiger partial charge in [-0.05, 0) is 6.07 Å². The molecule has 0 saturated heterocycles. The molecule has 7 heteroatoms. The summed E-state index contributed by atoms with van der Waals surface area (Å²) in [5, 5.41) is 10.0. The number of hydrogen-bond donors (Lipinski definition) is 0. The normalized spacial score (nSPS) is 9.80. The molecule has 0 amide bonds. The molecule has 1 rings (SSSR count). The third-order valence-corrected chi connectivity index (χ3v) is 1.94. The average molecular weight is 234 g/mol. The molecule has 1 aromatic carbocycles. The van der Waals surface area contributed by atoms with Gasteiger partial charge in [-0.2, -0.15) is 0 Å². The number of methoxy groups -OCH3 is 1. The van der Waals surface area contributed by atoms with Crippen LogP contribution in [0.15, 0.2) is 12.1 Å². The van der Waals surface area contributed by atoms with E-state index in [1.54, 1.807) is 0 Å². The van der Waals surface area contributed by atoms with Gasteiger partial charge in [0.05, 0.1) is 23.7 Å². The number of esters is 1. The fourth-order valence-corrected chi connectivity index (χ4v) is 1.18. The molecule has 0 unspecified atom stereocenters. The van der Waals surface area contributed by atoms with Crippen molar-refractivity contribution in [3.05, 3.63) is 38.7 Å². The SMILES string of the molecule is COC(=O)c1cc(Cl)c([N+](=O)[O-])cc1F. The topological polar surface area (TPSA) is 69.4 Å². The minimum atomic E-state index is -1.04. The number of benzene rings is 1. The number of nitro groups is 1. The smallest absolute Gasteiger partial charge is 0.340 e. The highest BCUT2D eigenvalue weighted by Crippen LogP contribution is 2.27. The van der Waals surface area contributed by atoms with Gasteiger partial charge in [-0.1, -0.05) is 11.6 Å². The number of ether oxygens (including phenoxy) is 1. The van der Waals surface area contributed by atoms with E-state index in [0.717, 1.165) is 13.2 Å². The van der Waals surface area contributed by atoms with Gasteiger partial charge in [0.1, 0.15) is 10.8 Å². The molecule has 0 aromatic heterocycles. The summed E-state index contributed by atoms with van der Waals surface area (Å²) in [4.78, 5) is 20.5. The standard InChI is InChI=1S/C8H5ClFNO4/c1-15-8(12)4-2-5(9)7(11(13)14)3-6(4)10/h2-3H,1H3. The van der Waals surface area contributed by atoms with E-state index in [2.05, 4.69) is 4.74 Å². The lowest BCUT2D eigenvalue weighted by Crippen LogP contribution is -2.05. The van der Waals surface area contributed by atoms with Crippen molar-refractivity contribution in [2.24, 2.45) is 0 Å². The van der Waals surface area contributed by atoms with Gasteiger partial charge in [0, 0.05) is 0 Å². The second-order valence-electron chi connectivity index (χ2n) is 2.53. The predicted octanol–water partition coefficient (Wildman–Crippen LogP) is 2.17. The second kappa shape index (κ2) is 4.22. The maximum absolute atomic E-state index is 13.2. The van der Waals surface area contributed by atoms with Crippen molar-refractivity contribution in [1.29, 1.82) is 0 Å². The maximum Gasteiger partial charge on any atom is 0.340 e. The van der Waals surface area contributed by atoms with Crippen molar-refractivity contribution in [3.8, 4) is 0 Å². The van der Waals surface area contributed by atoms with Crippen LogP contribution in [0.1, 0.15) is 10.4 Å². The van der Waals surface area contributed by atoms with Crippen molar-refractivity contribution in [2.45, 2.75) is 0 Å². The van der Waals surface area contributed by atoms with Gasteiger partial charge in [0.15, 0.2) is 0 Å². The summed E-state index contributed by atoms with van der Waals surface area (Å²) in [5.74, 6) is -1.98. The highest BCUT2D eigenvalue weighted by Gasteiger charge is 2.20. The predicted molar refractivity (Wildman–Crippen MR) is 49.4 cm³/mol. The van der Waals surface area contributed by atoms with E-state index in [1.807, 2.05) is 0 Å². The lowest BCUT2D eigenvalue weighted by molar-refractivity contribution is -0.384. The molecule has 0 aliphatic heterocycles. The Morgan fingerprint density at radius 3 is 2.67 bits per heavy atom. The quantitative estimate of drug-likeness (QED) is 0.446. The molecule has 0 radical (unpaired) electrons. The Labute approximate surface area is 88.6 Å². The van der Waals surface area contributed by atoms with Gasteiger partial charge >= 0.3 is 5.97 Å². The second-order valence-corrected chi connectivity index (χ2v) is 2.94. The highest BCUT2D eigenvalue weighted by molar-refractivity contribution is 6.33. The lowest BCUT2D eigenvalue weighted by atomic mass is 10.2. The largest absolute Gasteiger partial charge is 0.465 e. The van der Waals surface area contributed by atoms with Crippen LogP contribution in [0.2, 0.25) is 5.02 Å². The minimum Gasteiger partial charge on any atom is -0.465 e. The summed E-state index contributed by atoms with van der Waals surface area (Å²) < 4.78 is 17.4. The summed E-state index contributed by atoms with van der Waals surface area (Å²) >= 11 is 5.48. The van der Waals surface area contributed by atoms with E-state index in [1.165, 1.54) is 0 Å². The molecule has 15 heavy (non-hydrogen) atoms. The number of halogens is 2. The van der Waals surface area contributed by atoms with Crippen molar-refractivity contribution in [1.82, 2.24) is 0 Å². The number of carbonyl (C=O) groups is 1. The molecule has 1 aromatic rings. The number of rotatable bonds is 2. The monoisotopic (exact) mass is 233 g/mol. The maximum atomic E-state index is 13.2. The fraction of sp³-hybridized carbons (Fsp3) is 0.125. The van der Waals surface area contributed by atoms with Gasteiger partial charge < -0.3 is 4.74 Å². The fourth-order valence-electron chi connectivity index (χ4n) is 0.943. The Bertz CT molecular complexity index is 435. The van der Waals surface area contributed by atoms with Crippen LogP contribution in [0.5, 0.6) is 0 Å². The highest BCUT2D eigenvalue weighted by atomic mass is 35.5. The van der Waals surface area contributed by atoms with E-state index in [4.69, 9.17) is 11.6 Å². The molecule has 0 aliphatic rings. The molecular formula is C8H5ClFNO4. The van der Waals surface area contributed by atoms with Crippen molar-refractivity contribution in [3.63, 3.8) is 0 Å². The third kappa shape index (κ3) is 2.21. The number of nitrogens with zero attached hydrogens (tertiary/aromatic N) is 1. The van der Waals surface area contributed by atoms with E-state index in [0.29, 0.717) is 6.07 Å². The first-order valence-electron chi connectivity index (χ1n) is 3.69. The Kier molecular flexibility index (Phi) is 3.21. The molecule has 80 valence electrons. The van der Waals surface area contributed by atoms with Crippen LogP contribution >= 0.6 is 11.6 Å². The zero-order valence-electron chi connectivity index (χ0n) is 7.49. The van der Waals surface area contributed by atoms with E-state index >= 15 is 0 Å². The first-order chi connectivity index (χ1) is 6.97. The molecular weight excluding hydrogens is 229 g/mol. The average Bonchev–Trinajstić information content (AvgIpc) is 2.19. The van der Waals surface area contributed by atoms with Crippen LogP contribution in [-0.4, -0.2) is 18.0 Å². The molecule has 0 spiro atoms. The molecule has 0 fully saturated rings. The van der Waals surface area contributed by atoms with Crippen LogP contribution in [0.4, 0.5) is 10.1 Å². The zero-order valence-corrected chi connectivity index (χ0v) is 8.25. The first-order valence-corrected chi connectivity index (χ1v) is 4.07. The van der Waals surface area contributed by atoms with Gasteiger partial charge in [-0.25, -0.2) is 9.18 Å². The van der Waals surface area contributed by atoms with Crippen LogP contribution in [0.25, 0.3) is 0 Å². The minimum absolute atomic E-state index is 0.318. The summed E-state index contributed by atoms with van der Waals surface area (Å²) in [5.41, 5.74) is -1.03. The van der Waals surface area contributed by atoms with E-state index in [-0.39, 0.29) is 5.02 Å². The van der Waals surface area contributed by atoms with E-state index < -0.39 is 28.0 Å². The Hall–Kier alpha value is -1.69. The van der Waals surface area contributed by atoms with Crippen molar-refractivity contribution in [2.75, 3.05) is 7.11 Å². The Balaban J connectivity index is 3.31. The first kappa shape index (κ1) is 11.4. The number of carbonyl (C=O) groups excluding carboxylic acids is 1. The lowest BCUT2D eigenvalue weighted by Gasteiger charge is -2.02. The molecule has 0 N–H and O–H groups in total. The molecule has 5 nitrogen and oxygen atoms in total. The Morgan fingerprint density at radius 1 is 1.60 bits per heavy atom.